The standard InChI is InChI=1S/C21H25ClN2O2S/c1-4-12-23(21(26)17(3)22)15-20(25)24(13-18-8-6-5-7-9-18)14-19-11-10-16(2)27-19/h4-11,17H,1,12-15H2,2-3H3. The van der Waals surface area contributed by atoms with E-state index in [0.717, 1.165) is 10.4 Å². The fraction of sp³-hybridized carbons (Fsp3) is 0.333. The van der Waals surface area contributed by atoms with Gasteiger partial charge in [-0.25, -0.2) is 0 Å². The Balaban J connectivity index is 2.18. The third kappa shape index (κ3) is 6.52. The fourth-order valence-corrected chi connectivity index (χ4v) is 3.74. The molecule has 0 saturated heterocycles. The minimum absolute atomic E-state index is 0.0148. The molecule has 0 radical (unpaired) electrons. The molecule has 1 atom stereocenters. The second-order valence-electron chi connectivity index (χ2n) is 6.37. The summed E-state index contributed by atoms with van der Waals surface area (Å²) in [6, 6.07) is 13.9. The number of aryl methyl sites for hydroxylation is 1. The number of amides is 2. The van der Waals surface area contributed by atoms with Gasteiger partial charge in [0, 0.05) is 22.8 Å². The Hall–Kier alpha value is -2.11. The maximum atomic E-state index is 13.0. The van der Waals surface area contributed by atoms with Gasteiger partial charge in [0.25, 0.3) is 0 Å². The molecule has 1 heterocycles. The summed E-state index contributed by atoms with van der Waals surface area (Å²) in [7, 11) is 0. The van der Waals surface area contributed by atoms with Crippen molar-refractivity contribution in [3.05, 3.63) is 70.4 Å². The first-order valence-corrected chi connectivity index (χ1v) is 10.1. The molecule has 0 N–H and O–H groups in total. The van der Waals surface area contributed by atoms with Gasteiger partial charge in [-0.15, -0.1) is 29.5 Å². The fourth-order valence-electron chi connectivity index (χ4n) is 2.70. The van der Waals surface area contributed by atoms with Crippen LogP contribution in [-0.4, -0.2) is 40.1 Å². The lowest BCUT2D eigenvalue weighted by atomic mass is 10.2. The smallest absolute Gasteiger partial charge is 0.242 e. The monoisotopic (exact) mass is 404 g/mol. The van der Waals surface area contributed by atoms with Crippen molar-refractivity contribution >= 4 is 34.8 Å². The highest BCUT2D eigenvalue weighted by atomic mass is 35.5. The molecular formula is C21H25ClN2O2S. The lowest BCUT2D eigenvalue weighted by Gasteiger charge is -2.27. The quantitative estimate of drug-likeness (QED) is 0.463. The van der Waals surface area contributed by atoms with E-state index in [1.165, 1.54) is 9.78 Å². The Morgan fingerprint density at radius 1 is 1.15 bits per heavy atom. The van der Waals surface area contributed by atoms with Gasteiger partial charge >= 0.3 is 0 Å². The number of nitrogens with zero attached hydrogens (tertiary/aromatic N) is 2. The van der Waals surface area contributed by atoms with E-state index in [-0.39, 0.29) is 18.4 Å². The number of hydrogen-bond acceptors (Lipinski definition) is 3. The highest BCUT2D eigenvalue weighted by molar-refractivity contribution is 7.11. The van der Waals surface area contributed by atoms with Gasteiger partial charge in [0.1, 0.15) is 11.9 Å². The molecule has 4 nitrogen and oxygen atoms in total. The first-order valence-electron chi connectivity index (χ1n) is 8.81. The molecule has 2 amide bonds. The minimum Gasteiger partial charge on any atom is -0.332 e. The second kappa shape index (κ2) is 10.3. The predicted molar refractivity (Wildman–Crippen MR) is 112 cm³/mol. The zero-order valence-electron chi connectivity index (χ0n) is 15.7. The zero-order valence-corrected chi connectivity index (χ0v) is 17.3. The van der Waals surface area contributed by atoms with Crippen LogP contribution in [-0.2, 0) is 22.7 Å². The molecule has 0 aliphatic rings. The van der Waals surface area contributed by atoms with Crippen molar-refractivity contribution in [3.8, 4) is 0 Å². The number of carbonyl (C=O) groups is 2. The molecule has 6 heteroatoms. The van der Waals surface area contributed by atoms with E-state index in [4.69, 9.17) is 11.6 Å². The summed E-state index contributed by atoms with van der Waals surface area (Å²) in [5.74, 6) is -0.381. The molecule has 1 aromatic carbocycles. The molecule has 0 fully saturated rings. The van der Waals surface area contributed by atoms with Gasteiger partial charge < -0.3 is 9.80 Å². The van der Waals surface area contributed by atoms with Crippen LogP contribution in [0.15, 0.2) is 55.1 Å². The van der Waals surface area contributed by atoms with Crippen molar-refractivity contribution < 1.29 is 9.59 Å². The molecule has 2 rings (SSSR count). The molecule has 1 aromatic heterocycles. The normalized spacial score (nSPS) is 11.7. The van der Waals surface area contributed by atoms with Crippen LogP contribution in [0.3, 0.4) is 0 Å². The van der Waals surface area contributed by atoms with Crippen LogP contribution >= 0.6 is 22.9 Å². The molecule has 0 saturated carbocycles. The van der Waals surface area contributed by atoms with Gasteiger partial charge in [0.2, 0.25) is 11.8 Å². The summed E-state index contributed by atoms with van der Waals surface area (Å²) >= 11 is 7.61. The van der Waals surface area contributed by atoms with Crippen LogP contribution in [0.25, 0.3) is 0 Å². The van der Waals surface area contributed by atoms with Crippen LogP contribution in [0.5, 0.6) is 0 Å². The Morgan fingerprint density at radius 3 is 2.41 bits per heavy atom. The number of halogens is 1. The largest absolute Gasteiger partial charge is 0.332 e. The maximum Gasteiger partial charge on any atom is 0.242 e. The molecule has 0 aliphatic heterocycles. The Morgan fingerprint density at radius 2 is 1.85 bits per heavy atom. The number of hydrogen-bond donors (Lipinski definition) is 0. The molecular weight excluding hydrogens is 380 g/mol. The Labute approximate surface area is 170 Å². The van der Waals surface area contributed by atoms with Crippen LogP contribution in [0.2, 0.25) is 0 Å². The summed E-state index contributed by atoms with van der Waals surface area (Å²) in [5, 5.41) is -0.680. The van der Waals surface area contributed by atoms with E-state index in [2.05, 4.69) is 6.58 Å². The van der Waals surface area contributed by atoms with Crippen molar-refractivity contribution in [3.63, 3.8) is 0 Å². The number of benzene rings is 1. The summed E-state index contributed by atoms with van der Waals surface area (Å²) < 4.78 is 0. The molecule has 144 valence electrons. The molecule has 1 unspecified atom stereocenters. The molecule has 0 spiro atoms. The predicted octanol–water partition coefficient (Wildman–Crippen LogP) is 4.23. The molecule has 0 bridgehead atoms. The van der Waals surface area contributed by atoms with Gasteiger partial charge in [-0.1, -0.05) is 36.4 Å². The summed E-state index contributed by atoms with van der Waals surface area (Å²) in [6.07, 6.45) is 1.61. The van der Waals surface area contributed by atoms with Crippen LogP contribution < -0.4 is 0 Å². The SMILES string of the molecule is C=CCN(CC(=O)N(Cc1ccccc1)Cc1ccc(C)s1)C(=O)C(C)Cl. The van der Waals surface area contributed by atoms with E-state index >= 15 is 0 Å². The highest BCUT2D eigenvalue weighted by Gasteiger charge is 2.23. The second-order valence-corrected chi connectivity index (χ2v) is 8.40. The Bertz CT molecular complexity index is 773. The molecule has 27 heavy (non-hydrogen) atoms. The van der Waals surface area contributed by atoms with Crippen molar-refractivity contribution in [2.24, 2.45) is 0 Å². The Kier molecular flexibility index (Phi) is 8.07. The maximum absolute atomic E-state index is 13.0. The summed E-state index contributed by atoms with van der Waals surface area (Å²) in [6.45, 7) is 8.61. The zero-order chi connectivity index (χ0) is 19.8. The van der Waals surface area contributed by atoms with Gasteiger partial charge in [-0.2, -0.15) is 0 Å². The lowest BCUT2D eigenvalue weighted by molar-refractivity contribution is -0.140. The van der Waals surface area contributed by atoms with Gasteiger partial charge in [0.15, 0.2) is 0 Å². The van der Waals surface area contributed by atoms with Gasteiger partial charge in [-0.05, 0) is 31.5 Å². The topological polar surface area (TPSA) is 40.6 Å². The summed E-state index contributed by atoms with van der Waals surface area (Å²) in [5.41, 5.74) is 1.05. The third-order valence-electron chi connectivity index (χ3n) is 4.04. The van der Waals surface area contributed by atoms with Gasteiger partial charge in [-0.3, -0.25) is 9.59 Å². The van der Waals surface area contributed by atoms with Crippen molar-refractivity contribution in [1.82, 2.24) is 9.80 Å². The van der Waals surface area contributed by atoms with E-state index in [0.29, 0.717) is 19.6 Å². The van der Waals surface area contributed by atoms with Crippen molar-refractivity contribution in [1.29, 1.82) is 0 Å². The average molecular weight is 405 g/mol. The van der Waals surface area contributed by atoms with Crippen molar-refractivity contribution in [2.75, 3.05) is 13.1 Å². The van der Waals surface area contributed by atoms with E-state index < -0.39 is 5.38 Å². The first kappa shape index (κ1) is 21.2. The van der Waals surface area contributed by atoms with Gasteiger partial charge in [0.05, 0.1) is 6.54 Å². The minimum atomic E-state index is -0.680. The number of carbonyl (C=O) groups excluding carboxylic acids is 2. The van der Waals surface area contributed by atoms with Crippen LogP contribution in [0.1, 0.15) is 22.2 Å². The van der Waals surface area contributed by atoms with Crippen molar-refractivity contribution in [2.45, 2.75) is 32.3 Å². The average Bonchev–Trinajstić information content (AvgIpc) is 3.05. The summed E-state index contributed by atoms with van der Waals surface area (Å²) in [4.78, 5) is 30.9. The first-order chi connectivity index (χ1) is 12.9. The van der Waals surface area contributed by atoms with Crippen LogP contribution in [0, 0.1) is 6.92 Å². The highest BCUT2D eigenvalue weighted by Crippen LogP contribution is 2.19. The van der Waals surface area contributed by atoms with E-state index in [9.17, 15) is 9.59 Å². The third-order valence-corrected chi connectivity index (χ3v) is 5.21. The lowest BCUT2D eigenvalue weighted by Crippen LogP contribution is -2.44. The number of alkyl halides is 1. The molecule has 2 aromatic rings. The van der Waals surface area contributed by atoms with E-state index in [1.807, 2.05) is 49.4 Å². The number of thiophene rings is 1. The number of rotatable bonds is 9. The van der Waals surface area contributed by atoms with E-state index in [1.54, 1.807) is 29.2 Å². The molecule has 0 aliphatic carbocycles. The van der Waals surface area contributed by atoms with Crippen LogP contribution in [0.4, 0.5) is 0 Å².